The zero-order valence-electron chi connectivity index (χ0n) is 19.1. The molecular formula is C23H32N6O. The molecule has 30 heavy (non-hydrogen) atoms. The summed E-state index contributed by atoms with van der Waals surface area (Å²) >= 11 is 0. The molecule has 160 valence electrons. The SMILES string of the molecule is COc1ccc(C(c2nnnn2CCc2ccccc2)N2CCN(C)CC2)cc1.[2H]C. The number of likely N-dealkylation sites (N-methyl/N-ethyl adjacent to an activating group) is 1. The molecule has 2 aromatic carbocycles. The fourth-order valence-electron chi connectivity index (χ4n) is 3.84. The van der Waals surface area contributed by atoms with Crippen molar-refractivity contribution in [2.75, 3.05) is 40.3 Å². The molecule has 0 bridgehead atoms. The van der Waals surface area contributed by atoms with Crippen molar-refractivity contribution in [3.63, 3.8) is 0 Å². The minimum atomic E-state index is 0.0281. The van der Waals surface area contributed by atoms with Gasteiger partial charge in [-0.25, -0.2) is 4.68 Å². The van der Waals surface area contributed by atoms with Gasteiger partial charge in [0.2, 0.25) is 0 Å². The number of methoxy groups -OCH3 is 1. The zero-order chi connectivity index (χ0) is 22.1. The molecule has 3 aromatic rings. The molecule has 4 rings (SSSR count). The van der Waals surface area contributed by atoms with Crippen LogP contribution in [-0.2, 0) is 13.0 Å². The highest BCUT2D eigenvalue weighted by Crippen LogP contribution is 2.29. The number of benzene rings is 2. The third-order valence-corrected chi connectivity index (χ3v) is 5.59. The summed E-state index contributed by atoms with van der Waals surface area (Å²) in [6, 6.07) is 18.8. The van der Waals surface area contributed by atoms with E-state index in [2.05, 4.69) is 68.8 Å². The van der Waals surface area contributed by atoms with Crippen molar-refractivity contribution < 1.29 is 6.11 Å². The summed E-state index contributed by atoms with van der Waals surface area (Å²) < 4.78 is 13.1. The van der Waals surface area contributed by atoms with E-state index in [1.165, 1.54) is 18.5 Å². The number of nitrogens with zero attached hydrogens (tertiary/aromatic N) is 6. The molecule has 1 aliphatic heterocycles. The fraction of sp³-hybridized carbons (Fsp3) is 0.435. The summed E-state index contributed by atoms with van der Waals surface area (Å²) in [5, 5.41) is 12.8. The molecule has 2 heterocycles. The van der Waals surface area contributed by atoms with Crippen LogP contribution in [0.5, 0.6) is 5.75 Å². The number of hydrogen-bond donors (Lipinski definition) is 0. The van der Waals surface area contributed by atoms with E-state index in [9.17, 15) is 0 Å². The lowest BCUT2D eigenvalue weighted by atomic mass is 10.0. The first-order valence-corrected chi connectivity index (χ1v) is 10.1. The first kappa shape index (κ1) is 20.5. The summed E-state index contributed by atoms with van der Waals surface area (Å²) in [5.74, 6) is 1.75. The zero-order valence-corrected chi connectivity index (χ0v) is 18.1. The van der Waals surface area contributed by atoms with Gasteiger partial charge in [-0.15, -0.1) is 5.10 Å². The van der Waals surface area contributed by atoms with Gasteiger partial charge in [0.05, 0.1) is 13.2 Å². The Balaban J connectivity index is 0.00000132. The number of aromatic nitrogens is 4. The second kappa shape index (κ2) is 10.3. The third kappa shape index (κ3) is 5.04. The highest BCUT2D eigenvalue weighted by Gasteiger charge is 2.29. The predicted octanol–water partition coefficient (Wildman–Crippen LogP) is 2.90. The highest BCUT2D eigenvalue weighted by atomic mass is 16.5. The Hall–Kier alpha value is -2.77. The van der Waals surface area contributed by atoms with E-state index < -0.39 is 0 Å². The monoisotopic (exact) mass is 409 g/mol. The standard InChI is InChI=1S/C22H28N6O.CH4/c1-26-14-16-27(17-15-26)21(19-8-10-20(29-2)11-9-19)22-23-24-25-28(22)13-12-18-6-4-3-5-7-18;/h3-11,21H,12-17H2,1-2H3;1H4/i;1D. The Morgan fingerprint density at radius 1 is 1.03 bits per heavy atom. The molecule has 1 aromatic heterocycles. The van der Waals surface area contributed by atoms with E-state index in [1.807, 2.05) is 22.9 Å². The normalized spacial score (nSPS) is 16.3. The van der Waals surface area contributed by atoms with Crippen molar-refractivity contribution >= 4 is 0 Å². The minimum absolute atomic E-state index is 0.0281. The summed E-state index contributed by atoms with van der Waals surface area (Å²) in [6.45, 7) is 4.81. The van der Waals surface area contributed by atoms with Gasteiger partial charge in [-0.3, -0.25) is 4.90 Å². The maximum atomic E-state index is 5.75. The molecule has 0 saturated carbocycles. The molecule has 1 unspecified atom stereocenters. The molecule has 0 aliphatic carbocycles. The lowest BCUT2D eigenvalue weighted by Crippen LogP contribution is -2.46. The second-order valence-electron chi connectivity index (χ2n) is 7.51. The molecule has 1 saturated heterocycles. The average Bonchev–Trinajstić information content (AvgIpc) is 3.30. The number of rotatable bonds is 7. The van der Waals surface area contributed by atoms with E-state index >= 15 is 0 Å². The first-order chi connectivity index (χ1) is 15.2. The molecular weight excluding hydrogens is 376 g/mol. The van der Waals surface area contributed by atoms with Crippen LogP contribution < -0.4 is 4.74 Å². The van der Waals surface area contributed by atoms with Crippen LogP contribution >= 0.6 is 0 Å². The molecule has 0 N–H and O–H groups in total. The largest absolute Gasteiger partial charge is 0.497 e. The first-order valence-electron chi connectivity index (χ1n) is 11.1. The number of hydrogen-bond acceptors (Lipinski definition) is 6. The highest BCUT2D eigenvalue weighted by molar-refractivity contribution is 5.32. The fourth-order valence-corrected chi connectivity index (χ4v) is 3.84. The van der Waals surface area contributed by atoms with Gasteiger partial charge in [0.25, 0.3) is 0 Å². The molecule has 0 radical (unpaired) electrons. The van der Waals surface area contributed by atoms with Crippen molar-refractivity contribution in [1.29, 1.82) is 0 Å². The summed E-state index contributed by atoms with van der Waals surface area (Å²) in [4.78, 5) is 4.84. The van der Waals surface area contributed by atoms with Crippen LogP contribution in [0.3, 0.4) is 0 Å². The van der Waals surface area contributed by atoms with E-state index in [0.717, 1.165) is 50.7 Å². The molecule has 1 fully saturated rings. The smallest absolute Gasteiger partial charge is 0.173 e. The maximum absolute atomic E-state index is 5.75. The predicted molar refractivity (Wildman–Crippen MR) is 119 cm³/mol. The second-order valence-corrected chi connectivity index (χ2v) is 7.51. The van der Waals surface area contributed by atoms with E-state index in [0.29, 0.717) is 0 Å². The summed E-state index contributed by atoms with van der Waals surface area (Å²) in [6.07, 6.45) is 0.900. The van der Waals surface area contributed by atoms with Gasteiger partial charge in [-0.05, 0) is 47.2 Å². The Kier molecular flexibility index (Phi) is 7.05. The van der Waals surface area contributed by atoms with Crippen LogP contribution in [-0.4, -0.2) is 70.3 Å². The van der Waals surface area contributed by atoms with Gasteiger partial charge in [-0.2, -0.15) is 0 Å². The Morgan fingerprint density at radius 2 is 1.73 bits per heavy atom. The molecule has 1 aliphatic rings. The van der Waals surface area contributed by atoms with Crippen LogP contribution in [0.15, 0.2) is 54.6 Å². The van der Waals surface area contributed by atoms with Gasteiger partial charge >= 0.3 is 0 Å². The summed E-state index contributed by atoms with van der Waals surface area (Å²) in [5.41, 5.74) is 2.47. The van der Waals surface area contributed by atoms with Crippen LogP contribution in [0.25, 0.3) is 0 Å². The molecule has 7 heteroatoms. The van der Waals surface area contributed by atoms with Crippen LogP contribution in [0, 0.1) is 0 Å². The van der Waals surface area contributed by atoms with Crippen molar-refractivity contribution in [2.24, 2.45) is 0 Å². The number of tetrazole rings is 1. The van der Waals surface area contributed by atoms with E-state index in [4.69, 9.17) is 6.11 Å². The lowest BCUT2D eigenvalue weighted by molar-refractivity contribution is 0.121. The quantitative estimate of drug-likeness (QED) is 0.598. The van der Waals surface area contributed by atoms with Gasteiger partial charge in [-0.1, -0.05) is 49.9 Å². The number of ether oxygens (including phenoxy) is 1. The van der Waals surface area contributed by atoms with Crippen molar-refractivity contribution in [3.8, 4) is 5.75 Å². The van der Waals surface area contributed by atoms with Crippen LogP contribution in [0.4, 0.5) is 0 Å². The topological polar surface area (TPSA) is 59.3 Å². The van der Waals surface area contributed by atoms with Crippen LogP contribution in [0.1, 0.15) is 31.8 Å². The van der Waals surface area contributed by atoms with Gasteiger partial charge < -0.3 is 9.64 Å². The van der Waals surface area contributed by atoms with Gasteiger partial charge in [0, 0.05) is 34.1 Å². The number of piperazine rings is 1. The molecule has 1 atom stereocenters. The Labute approximate surface area is 180 Å². The number of aryl methyl sites for hydroxylation is 2. The van der Waals surface area contributed by atoms with Crippen molar-refractivity contribution in [1.82, 2.24) is 30.0 Å². The maximum Gasteiger partial charge on any atom is 0.173 e. The van der Waals surface area contributed by atoms with Crippen LogP contribution in [0.2, 0.25) is 0 Å². The Morgan fingerprint density at radius 3 is 2.40 bits per heavy atom. The van der Waals surface area contributed by atoms with Crippen molar-refractivity contribution in [3.05, 3.63) is 71.5 Å². The lowest BCUT2D eigenvalue weighted by Gasteiger charge is -2.37. The summed E-state index contributed by atoms with van der Waals surface area (Å²) in [7, 11) is 5.11. The third-order valence-electron chi connectivity index (χ3n) is 5.59. The average molecular weight is 410 g/mol. The van der Waals surface area contributed by atoms with E-state index in [1.54, 1.807) is 7.11 Å². The van der Waals surface area contributed by atoms with Crippen molar-refractivity contribution in [2.45, 2.75) is 26.4 Å². The molecule has 7 nitrogen and oxygen atoms in total. The van der Waals surface area contributed by atoms with Gasteiger partial charge in [0.1, 0.15) is 5.75 Å². The van der Waals surface area contributed by atoms with E-state index in [-0.39, 0.29) is 6.04 Å². The Bertz CT molecular complexity index is 894. The molecule has 0 amide bonds. The molecule has 0 spiro atoms. The minimum Gasteiger partial charge on any atom is -0.497 e. The van der Waals surface area contributed by atoms with Gasteiger partial charge in [0.15, 0.2) is 5.82 Å².